The summed E-state index contributed by atoms with van der Waals surface area (Å²) in [6.07, 6.45) is 1.36. The molecule has 0 N–H and O–H groups in total. The molecular formula is C11H6Cl2N4. The highest BCUT2D eigenvalue weighted by Gasteiger charge is 2.14. The van der Waals surface area contributed by atoms with Crippen LogP contribution in [0.3, 0.4) is 0 Å². The Hall–Kier alpha value is -1.65. The van der Waals surface area contributed by atoms with Gasteiger partial charge in [-0.2, -0.15) is 4.98 Å². The van der Waals surface area contributed by atoms with Gasteiger partial charge in [0.15, 0.2) is 10.8 Å². The molecule has 6 heteroatoms. The van der Waals surface area contributed by atoms with Crippen molar-refractivity contribution in [1.29, 1.82) is 0 Å². The third-order valence-corrected chi connectivity index (χ3v) is 2.91. The van der Waals surface area contributed by atoms with Gasteiger partial charge in [-0.3, -0.25) is 4.57 Å². The number of aromatic nitrogens is 4. The van der Waals surface area contributed by atoms with E-state index >= 15 is 0 Å². The van der Waals surface area contributed by atoms with Crippen LogP contribution in [0.25, 0.3) is 16.9 Å². The normalized spacial score (nSPS) is 10.9. The lowest BCUT2D eigenvalue weighted by molar-refractivity contribution is 1.09. The van der Waals surface area contributed by atoms with Crippen LogP contribution < -0.4 is 0 Å². The molecule has 2 aromatic heterocycles. The molecule has 2 heterocycles. The van der Waals surface area contributed by atoms with Crippen molar-refractivity contribution in [1.82, 2.24) is 19.5 Å². The van der Waals surface area contributed by atoms with Crippen LogP contribution in [0, 0.1) is 0 Å². The van der Waals surface area contributed by atoms with Gasteiger partial charge in [0, 0.05) is 5.69 Å². The van der Waals surface area contributed by atoms with Crippen LogP contribution in [0.2, 0.25) is 10.4 Å². The van der Waals surface area contributed by atoms with Gasteiger partial charge in [-0.1, -0.05) is 29.8 Å². The number of hydrogen-bond acceptors (Lipinski definition) is 3. The van der Waals surface area contributed by atoms with Gasteiger partial charge in [-0.25, -0.2) is 9.97 Å². The van der Waals surface area contributed by atoms with Gasteiger partial charge in [0.1, 0.15) is 11.8 Å². The van der Waals surface area contributed by atoms with E-state index in [2.05, 4.69) is 15.0 Å². The lowest BCUT2D eigenvalue weighted by atomic mass is 10.3. The Morgan fingerprint density at radius 2 is 1.76 bits per heavy atom. The maximum atomic E-state index is 6.10. The van der Waals surface area contributed by atoms with Crippen molar-refractivity contribution in [2.75, 3.05) is 0 Å². The summed E-state index contributed by atoms with van der Waals surface area (Å²) in [5.41, 5.74) is 1.97. The summed E-state index contributed by atoms with van der Waals surface area (Å²) >= 11 is 12.2. The SMILES string of the molecule is Clc1ncnc2nc(Cl)n(-c3ccccc3)c12. The van der Waals surface area contributed by atoms with Gasteiger partial charge in [-0.15, -0.1) is 0 Å². The van der Waals surface area contributed by atoms with Gasteiger partial charge in [0.25, 0.3) is 0 Å². The molecule has 0 saturated carbocycles. The Kier molecular flexibility index (Phi) is 2.46. The number of fused-ring (bicyclic) bond motifs is 1. The number of halogens is 2. The molecule has 17 heavy (non-hydrogen) atoms. The molecule has 0 atom stereocenters. The highest BCUT2D eigenvalue weighted by Crippen LogP contribution is 2.27. The van der Waals surface area contributed by atoms with Crippen LogP contribution in [-0.2, 0) is 0 Å². The monoisotopic (exact) mass is 264 g/mol. The van der Waals surface area contributed by atoms with Crippen LogP contribution in [0.5, 0.6) is 0 Å². The third kappa shape index (κ3) is 1.66. The minimum Gasteiger partial charge on any atom is -0.279 e. The van der Waals surface area contributed by atoms with Crippen LogP contribution in [0.1, 0.15) is 0 Å². The second-order valence-corrected chi connectivity index (χ2v) is 4.08. The van der Waals surface area contributed by atoms with Crippen LogP contribution >= 0.6 is 23.2 Å². The smallest absolute Gasteiger partial charge is 0.210 e. The van der Waals surface area contributed by atoms with Gasteiger partial charge in [0.2, 0.25) is 5.28 Å². The van der Waals surface area contributed by atoms with Crippen LogP contribution in [0.4, 0.5) is 0 Å². The van der Waals surface area contributed by atoms with Crippen molar-refractivity contribution in [3.05, 3.63) is 47.1 Å². The molecule has 0 aliphatic heterocycles. The third-order valence-electron chi connectivity index (χ3n) is 2.38. The summed E-state index contributed by atoms with van der Waals surface area (Å²) in [5.74, 6) is 0. The van der Waals surface area contributed by atoms with E-state index in [1.165, 1.54) is 6.33 Å². The number of hydrogen-bond donors (Lipinski definition) is 0. The Labute approximate surface area is 107 Å². The van der Waals surface area contributed by atoms with E-state index in [0.29, 0.717) is 21.6 Å². The molecular weight excluding hydrogens is 259 g/mol. The van der Waals surface area contributed by atoms with E-state index in [4.69, 9.17) is 23.2 Å². The Bertz CT molecular complexity index is 679. The molecule has 0 aliphatic carbocycles. The number of rotatable bonds is 1. The van der Waals surface area contributed by atoms with E-state index in [1.54, 1.807) is 4.57 Å². The van der Waals surface area contributed by atoms with E-state index < -0.39 is 0 Å². The first kappa shape index (κ1) is 10.5. The van der Waals surface area contributed by atoms with Crippen molar-refractivity contribution in [2.24, 2.45) is 0 Å². The Morgan fingerprint density at radius 3 is 2.53 bits per heavy atom. The standard InChI is InChI=1S/C11H6Cl2N4/c12-9-8-10(15-6-14-9)16-11(13)17(8)7-4-2-1-3-5-7/h1-6H. The highest BCUT2D eigenvalue weighted by atomic mass is 35.5. The molecule has 3 rings (SSSR count). The topological polar surface area (TPSA) is 43.6 Å². The minimum atomic E-state index is 0.314. The van der Waals surface area contributed by atoms with Crippen molar-refractivity contribution in [2.45, 2.75) is 0 Å². The van der Waals surface area contributed by atoms with Crippen LogP contribution in [-0.4, -0.2) is 19.5 Å². The Morgan fingerprint density at radius 1 is 1.00 bits per heavy atom. The first-order valence-electron chi connectivity index (χ1n) is 4.87. The zero-order valence-electron chi connectivity index (χ0n) is 8.51. The molecule has 4 nitrogen and oxygen atoms in total. The summed E-state index contributed by atoms with van der Waals surface area (Å²) < 4.78 is 1.72. The van der Waals surface area contributed by atoms with Crippen molar-refractivity contribution in [3.8, 4) is 5.69 Å². The molecule has 0 fully saturated rings. The zero-order valence-corrected chi connectivity index (χ0v) is 10.0. The molecule has 0 amide bonds. The number of para-hydroxylation sites is 1. The summed E-state index contributed by atoms with van der Waals surface area (Å²) in [7, 11) is 0. The molecule has 0 unspecified atom stereocenters. The van der Waals surface area contributed by atoms with Crippen molar-refractivity contribution in [3.63, 3.8) is 0 Å². The second kappa shape index (κ2) is 3.98. The van der Waals surface area contributed by atoms with Gasteiger partial charge in [-0.05, 0) is 23.7 Å². The zero-order chi connectivity index (χ0) is 11.8. The lowest BCUT2D eigenvalue weighted by Crippen LogP contribution is -1.95. The molecule has 0 saturated heterocycles. The van der Waals surface area contributed by atoms with Crippen molar-refractivity contribution < 1.29 is 0 Å². The quantitative estimate of drug-likeness (QED) is 0.501. The average molecular weight is 265 g/mol. The summed E-state index contributed by atoms with van der Waals surface area (Å²) in [5, 5.41) is 0.645. The molecule has 0 aliphatic rings. The molecule has 0 radical (unpaired) electrons. The van der Waals surface area contributed by atoms with Gasteiger partial charge < -0.3 is 0 Å². The predicted octanol–water partition coefficient (Wildman–Crippen LogP) is 3.12. The predicted molar refractivity (Wildman–Crippen MR) is 66.7 cm³/mol. The van der Waals surface area contributed by atoms with E-state index in [9.17, 15) is 0 Å². The largest absolute Gasteiger partial charge is 0.279 e. The fraction of sp³-hybridized carbons (Fsp3) is 0. The first-order valence-corrected chi connectivity index (χ1v) is 5.63. The van der Waals surface area contributed by atoms with Gasteiger partial charge in [0.05, 0.1) is 0 Å². The van der Waals surface area contributed by atoms with E-state index in [0.717, 1.165) is 5.69 Å². The van der Waals surface area contributed by atoms with Crippen molar-refractivity contribution >= 4 is 34.4 Å². The average Bonchev–Trinajstić information content (AvgIpc) is 2.68. The summed E-state index contributed by atoms with van der Waals surface area (Å²) in [6, 6.07) is 9.58. The molecule has 0 bridgehead atoms. The maximum Gasteiger partial charge on any atom is 0.210 e. The second-order valence-electron chi connectivity index (χ2n) is 3.39. The van der Waals surface area contributed by atoms with Crippen LogP contribution in [0.15, 0.2) is 36.7 Å². The molecule has 1 aromatic carbocycles. The fourth-order valence-corrected chi connectivity index (χ4v) is 2.14. The number of nitrogens with zero attached hydrogens (tertiary/aromatic N) is 4. The lowest BCUT2D eigenvalue weighted by Gasteiger charge is -2.05. The fourth-order valence-electron chi connectivity index (χ4n) is 1.67. The highest BCUT2D eigenvalue weighted by molar-refractivity contribution is 6.34. The van der Waals surface area contributed by atoms with Gasteiger partial charge >= 0.3 is 0 Å². The minimum absolute atomic E-state index is 0.314. The van der Waals surface area contributed by atoms with E-state index in [-0.39, 0.29) is 0 Å². The Balaban J connectivity index is 2.40. The summed E-state index contributed by atoms with van der Waals surface area (Å²) in [4.78, 5) is 12.1. The number of benzene rings is 1. The molecule has 0 spiro atoms. The molecule has 84 valence electrons. The van der Waals surface area contributed by atoms with E-state index in [1.807, 2.05) is 30.3 Å². The first-order chi connectivity index (χ1) is 8.27. The number of imidazole rings is 1. The maximum absolute atomic E-state index is 6.10. The molecule has 3 aromatic rings. The summed E-state index contributed by atoms with van der Waals surface area (Å²) in [6.45, 7) is 0.